The molecule has 2 nitrogen and oxygen atoms in total. The minimum atomic E-state index is -0.0370. The molecule has 0 saturated carbocycles. The summed E-state index contributed by atoms with van der Waals surface area (Å²) in [6.07, 6.45) is 0. The number of nitrogens with one attached hydrogen (secondary N) is 1. The summed E-state index contributed by atoms with van der Waals surface area (Å²) in [4.78, 5) is 11.7. The molecule has 0 aliphatic carbocycles. The van der Waals surface area contributed by atoms with Gasteiger partial charge in [-0.05, 0) is 33.0 Å². The molecule has 4 rings (SSSR count). The van der Waals surface area contributed by atoms with Gasteiger partial charge in [0.25, 0.3) is 0 Å². The number of anilines is 1. The second-order valence-corrected chi connectivity index (χ2v) is 5.71. The summed E-state index contributed by atoms with van der Waals surface area (Å²) in [5.41, 5.74) is 0.866. The second kappa shape index (κ2) is 4.71. The van der Waals surface area contributed by atoms with Crippen LogP contribution in [0, 0.1) is 0 Å². The molecule has 0 saturated heterocycles. The van der Waals surface area contributed by atoms with E-state index in [-0.39, 0.29) is 5.91 Å². The van der Waals surface area contributed by atoms with Crippen LogP contribution in [-0.4, -0.2) is 11.2 Å². The Morgan fingerprint density at radius 2 is 1.48 bits per heavy atom. The standard InChI is InChI=1S/C18H12BrNO/c19-10-16(21)20-15-9-7-13-5-4-11-2-1-3-12-6-8-14(15)18(13)17(11)12/h1-9H,10H2,(H,20,21). The van der Waals surface area contributed by atoms with Gasteiger partial charge in [-0.2, -0.15) is 0 Å². The van der Waals surface area contributed by atoms with Crippen molar-refractivity contribution in [2.24, 2.45) is 0 Å². The molecule has 0 radical (unpaired) electrons. The van der Waals surface area contributed by atoms with Gasteiger partial charge < -0.3 is 5.32 Å². The Labute approximate surface area is 130 Å². The van der Waals surface area contributed by atoms with Crippen LogP contribution in [-0.2, 0) is 4.79 Å². The molecule has 0 bridgehead atoms. The topological polar surface area (TPSA) is 29.1 Å². The number of amides is 1. The van der Waals surface area contributed by atoms with Gasteiger partial charge in [-0.3, -0.25) is 4.79 Å². The third kappa shape index (κ3) is 1.88. The highest BCUT2D eigenvalue weighted by Crippen LogP contribution is 2.37. The van der Waals surface area contributed by atoms with Gasteiger partial charge >= 0.3 is 0 Å². The fourth-order valence-corrected chi connectivity index (χ4v) is 3.17. The summed E-state index contributed by atoms with van der Waals surface area (Å²) in [7, 11) is 0. The van der Waals surface area contributed by atoms with Crippen molar-refractivity contribution in [1.29, 1.82) is 0 Å². The van der Waals surface area contributed by atoms with E-state index in [1.807, 2.05) is 6.07 Å². The lowest BCUT2D eigenvalue weighted by Gasteiger charge is -2.14. The maximum absolute atomic E-state index is 11.7. The molecular formula is C18H12BrNO. The number of carbonyl (C=O) groups is 1. The van der Waals surface area contributed by atoms with Crippen molar-refractivity contribution in [3.8, 4) is 0 Å². The fourth-order valence-electron chi connectivity index (χ4n) is 3.03. The maximum Gasteiger partial charge on any atom is 0.235 e. The molecule has 4 aromatic rings. The summed E-state index contributed by atoms with van der Waals surface area (Å²) in [6.45, 7) is 0. The van der Waals surface area contributed by atoms with Crippen molar-refractivity contribution in [3.05, 3.63) is 54.6 Å². The summed E-state index contributed by atoms with van der Waals surface area (Å²) in [5.74, 6) is -0.0370. The molecule has 4 aromatic carbocycles. The largest absolute Gasteiger partial charge is 0.325 e. The third-order valence-corrected chi connectivity index (χ3v) is 4.43. The number of alkyl halides is 1. The summed E-state index contributed by atoms with van der Waals surface area (Å²) in [5, 5.41) is 10.5. The van der Waals surface area contributed by atoms with Gasteiger partial charge in [0.15, 0.2) is 0 Å². The summed E-state index contributed by atoms with van der Waals surface area (Å²) < 4.78 is 0. The normalized spacial score (nSPS) is 11.5. The third-order valence-electron chi connectivity index (χ3n) is 3.92. The van der Waals surface area contributed by atoms with Crippen LogP contribution in [0.3, 0.4) is 0 Å². The molecule has 1 amide bonds. The van der Waals surface area contributed by atoms with E-state index < -0.39 is 0 Å². The highest BCUT2D eigenvalue weighted by molar-refractivity contribution is 9.09. The van der Waals surface area contributed by atoms with Gasteiger partial charge in [0.05, 0.1) is 5.33 Å². The zero-order valence-electron chi connectivity index (χ0n) is 11.2. The minimum Gasteiger partial charge on any atom is -0.325 e. The van der Waals surface area contributed by atoms with Crippen molar-refractivity contribution < 1.29 is 4.79 Å². The molecule has 102 valence electrons. The number of rotatable bonds is 2. The summed E-state index contributed by atoms with van der Waals surface area (Å²) in [6, 6.07) is 18.9. The van der Waals surface area contributed by atoms with Gasteiger partial charge in [0.2, 0.25) is 5.91 Å². The number of halogens is 1. The van der Waals surface area contributed by atoms with E-state index in [2.05, 4.69) is 69.8 Å². The monoisotopic (exact) mass is 337 g/mol. The Morgan fingerprint density at radius 1 is 0.857 bits per heavy atom. The lowest BCUT2D eigenvalue weighted by Crippen LogP contribution is -2.12. The van der Waals surface area contributed by atoms with Crippen molar-refractivity contribution in [3.63, 3.8) is 0 Å². The predicted octanol–water partition coefficient (Wildman–Crippen LogP) is 4.92. The minimum absolute atomic E-state index is 0.0370. The lowest BCUT2D eigenvalue weighted by molar-refractivity contribution is -0.113. The van der Waals surface area contributed by atoms with Crippen molar-refractivity contribution in [1.82, 2.24) is 0 Å². The molecule has 0 unspecified atom stereocenters. The van der Waals surface area contributed by atoms with Crippen LogP contribution in [0.4, 0.5) is 5.69 Å². The summed E-state index contributed by atoms with van der Waals surface area (Å²) >= 11 is 3.19. The smallest absolute Gasteiger partial charge is 0.235 e. The first-order valence-electron chi connectivity index (χ1n) is 6.80. The van der Waals surface area contributed by atoms with E-state index >= 15 is 0 Å². The van der Waals surface area contributed by atoms with Crippen LogP contribution in [0.5, 0.6) is 0 Å². The van der Waals surface area contributed by atoms with E-state index in [0.717, 1.165) is 11.1 Å². The average Bonchev–Trinajstić information content (AvgIpc) is 2.53. The highest BCUT2D eigenvalue weighted by atomic mass is 79.9. The highest BCUT2D eigenvalue weighted by Gasteiger charge is 2.11. The second-order valence-electron chi connectivity index (χ2n) is 5.15. The molecule has 0 aromatic heterocycles. The first-order chi connectivity index (χ1) is 10.3. The lowest BCUT2D eigenvalue weighted by atomic mass is 9.93. The predicted molar refractivity (Wildman–Crippen MR) is 92.6 cm³/mol. The van der Waals surface area contributed by atoms with Crippen LogP contribution < -0.4 is 5.32 Å². The average molecular weight is 338 g/mol. The van der Waals surface area contributed by atoms with Crippen LogP contribution in [0.15, 0.2) is 54.6 Å². The molecular weight excluding hydrogens is 326 g/mol. The molecule has 0 aliphatic heterocycles. The number of hydrogen-bond donors (Lipinski definition) is 1. The molecule has 1 N–H and O–H groups in total. The molecule has 3 heteroatoms. The van der Waals surface area contributed by atoms with E-state index in [1.54, 1.807) is 0 Å². The van der Waals surface area contributed by atoms with Gasteiger partial charge in [0, 0.05) is 11.1 Å². The maximum atomic E-state index is 11.7. The quantitative estimate of drug-likeness (QED) is 0.408. The Morgan fingerprint density at radius 3 is 2.19 bits per heavy atom. The molecule has 0 fully saturated rings. The molecule has 0 spiro atoms. The first-order valence-corrected chi connectivity index (χ1v) is 7.92. The van der Waals surface area contributed by atoms with E-state index in [4.69, 9.17) is 0 Å². The molecule has 0 atom stereocenters. The number of hydrogen-bond acceptors (Lipinski definition) is 1. The van der Waals surface area contributed by atoms with E-state index in [1.165, 1.54) is 26.9 Å². The number of carbonyl (C=O) groups excluding carboxylic acids is 1. The Hall–Kier alpha value is -2.13. The Bertz CT molecular complexity index is 961. The van der Waals surface area contributed by atoms with Crippen molar-refractivity contribution >= 4 is 59.8 Å². The molecule has 0 aliphatic rings. The van der Waals surface area contributed by atoms with Crippen LogP contribution in [0.2, 0.25) is 0 Å². The van der Waals surface area contributed by atoms with Gasteiger partial charge in [-0.15, -0.1) is 0 Å². The zero-order chi connectivity index (χ0) is 14.4. The van der Waals surface area contributed by atoms with Crippen LogP contribution in [0.1, 0.15) is 0 Å². The van der Waals surface area contributed by atoms with E-state index in [0.29, 0.717) is 5.33 Å². The first kappa shape index (κ1) is 12.6. The van der Waals surface area contributed by atoms with Crippen molar-refractivity contribution in [2.75, 3.05) is 10.6 Å². The molecule has 0 heterocycles. The Balaban J connectivity index is 2.13. The van der Waals surface area contributed by atoms with Gasteiger partial charge in [-0.25, -0.2) is 0 Å². The Kier molecular flexibility index (Phi) is 2.82. The van der Waals surface area contributed by atoms with Gasteiger partial charge in [-0.1, -0.05) is 64.5 Å². The van der Waals surface area contributed by atoms with Crippen molar-refractivity contribution in [2.45, 2.75) is 0 Å². The number of benzene rings is 4. The molecule has 21 heavy (non-hydrogen) atoms. The van der Waals surface area contributed by atoms with Crippen LogP contribution >= 0.6 is 15.9 Å². The fraction of sp³-hybridized carbons (Fsp3) is 0.0556. The zero-order valence-corrected chi connectivity index (χ0v) is 12.8. The van der Waals surface area contributed by atoms with Crippen LogP contribution in [0.25, 0.3) is 32.3 Å². The van der Waals surface area contributed by atoms with E-state index in [9.17, 15) is 4.79 Å². The van der Waals surface area contributed by atoms with Gasteiger partial charge in [0.1, 0.15) is 0 Å². The SMILES string of the molecule is O=C(CBr)Nc1ccc2ccc3cccc4ccc1c2c34.